The number of halogens is 1. The fraction of sp³-hybridized carbons (Fsp3) is 0.250. The zero-order valence-electron chi connectivity index (χ0n) is 12.0. The van der Waals surface area contributed by atoms with Crippen LogP contribution in [0.15, 0.2) is 36.4 Å². The van der Waals surface area contributed by atoms with Gasteiger partial charge in [-0.25, -0.2) is 4.98 Å². The number of carbonyl (C=O) groups is 1. The Balaban J connectivity index is 2.10. The van der Waals surface area contributed by atoms with Gasteiger partial charge in [-0.3, -0.25) is 4.79 Å². The van der Waals surface area contributed by atoms with Gasteiger partial charge in [-0.2, -0.15) is 0 Å². The Morgan fingerprint density at radius 1 is 1.33 bits per heavy atom. The fourth-order valence-electron chi connectivity index (χ4n) is 1.99. The molecule has 0 aliphatic heterocycles. The van der Waals surface area contributed by atoms with Crippen LogP contribution in [0.1, 0.15) is 28.5 Å². The topological polar surface area (TPSA) is 51.2 Å². The van der Waals surface area contributed by atoms with E-state index in [-0.39, 0.29) is 5.91 Å². The van der Waals surface area contributed by atoms with E-state index < -0.39 is 0 Å². The molecule has 110 valence electrons. The molecule has 2 rings (SSSR count). The molecule has 1 amide bonds. The predicted molar refractivity (Wildman–Crippen MR) is 82.8 cm³/mol. The number of benzene rings is 1. The fourth-order valence-corrected chi connectivity index (χ4v) is 2.22. The highest BCUT2D eigenvalue weighted by atomic mass is 35.5. The molecule has 0 saturated carbocycles. The maximum Gasteiger partial charge on any atom is 0.251 e. The van der Waals surface area contributed by atoms with Gasteiger partial charge in [-0.05, 0) is 24.6 Å². The summed E-state index contributed by atoms with van der Waals surface area (Å²) in [6.45, 7) is 2.36. The number of hydrogen-bond donors (Lipinski definition) is 1. The Kier molecular flexibility index (Phi) is 5.17. The van der Waals surface area contributed by atoms with Crippen LogP contribution in [-0.4, -0.2) is 18.0 Å². The predicted octanol–water partition coefficient (Wildman–Crippen LogP) is 3.24. The molecule has 2 aromatic rings. The summed E-state index contributed by atoms with van der Waals surface area (Å²) in [5, 5.41) is 3.19. The van der Waals surface area contributed by atoms with Crippen molar-refractivity contribution in [1.29, 1.82) is 0 Å². The molecule has 4 nitrogen and oxygen atoms in total. The van der Waals surface area contributed by atoms with Crippen molar-refractivity contribution in [2.45, 2.75) is 19.9 Å². The van der Waals surface area contributed by atoms with Crippen molar-refractivity contribution in [2.24, 2.45) is 0 Å². The third kappa shape index (κ3) is 3.95. The SMILES string of the molecule is CCc1cc(C(=O)NCc2ccccc2OC)cc(Cl)n1. The van der Waals surface area contributed by atoms with E-state index in [2.05, 4.69) is 10.3 Å². The minimum absolute atomic E-state index is 0.181. The number of nitrogens with zero attached hydrogens (tertiary/aromatic N) is 1. The normalized spacial score (nSPS) is 10.2. The van der Waals surface area contributed by atoms with Gasteiger partial charge in [0.1, 0.15) is 10.9 Å². The molecule has 0 spiro atoms. The molecular weight excluding hydrogens is 288 g/mol. The molecule has 21 heavy (non-hydrogen) atoms. The molecule has 0 saturated heterocycles. The van der Waals surface area contributed by atoms with Crippen LogP contribution in [0.2, 0.25) is 5.15 Å². The zero-order chi connectivity index (χ0) is 15.2. The molecule has 1 aromatic heterocycles. The summed E-state index contributed by atoms with van der Waals surface area (Å²) < 4.78 is 5.26. The number of pyridine rings is 1. The molecule has 1 aromatic carbocycles. The van der Waals surface area contributed by atoms with Gasteiger partial charge < -0.3 is 10.1 Å². The summed E-state index contributed by atoms with van der Waals surface area (Å²) >= 11 is 5.93. The van der Waals surface area contributed by atoms with Gasteiger partial charge in [0.15, 0.2) is 0 Å². The summed E-state index contributed by atoms with van der Waals surface area (Å²) in [5.74, 6) is 0.569. The Morgan fingerprint density at radius 3 is 2.81 bits per heavy atom. The van der Waals surface area contributed by atoms with Crippen LogP contribution in [0.5, 0.6) is 5.75 Å². The van der Waals surface area contributed by atoms with Crippen molar-refractivity contribution in [3.63, 3.8) is 0 Å². The van der Waals surface area contributed by atoms with Gasteiger partial charge in [0.2, 0.25) is 0 Å². The van der Waals surface area contributed by atoms with Gasteiger partial charge in [0, 0.05) is 23.4 Å². The number of methoxy groups -OCH3 is 1. The molecule has 0 bridgehead atoms. The van der Waals surface area contributed by atoms with E-state index in [0.29, 0.717) is 17.3 Å². The van der Waals surface area contributed by atoms with Crippen molar-refractivity contribution >= 4 is 17.5 Å². The number of rotatable bonds is 5. The number of aromatic nitrogens is 1. The molecule has 0 fully saturated rings. The second-order valence-electron chi connectivity index (χ2n) is 4.52. The van der Waals surface area contributed by atoms with Crippen LogP contribution >= 0.6 is 11.6 Å². The van der Waals surface area contributed by atoms with E-state index in [0.717, 1.165) is 23.4 Å². The summed E-state index contributed by atoms with van der Waals surface area (Å²) in [5.41, 5.74) is 2.23. The van der Waals surface area contributed by atoms with E-state index in [9.17, 15) is 4.79 Å². The number of aryl methyl sites for hydroxylation is 1. The number of nitrogens with one attached hydrogen (secondary N) is 1. The zero-order valence-corrected chi connectivity index (χ0v) is 12.8. The first kappa shape index (κ1) is 15.3. The molecule has 0 aliphatic carbocycles. The van der Waals surface area contributed by atoms with Crippen molar-refractivity contribution in [3.05, 3.63) is 58.4 Å². The maximum absolute atomic E-state index is 12.2. The van der Waals surface area contributed by atoms with Crippen molar-refractivity contribution in [1.82, 2.24) is 10.3 Å². The highest BCUT2D eigenvalue weighted by Crippen LogP contribution is 2.17. The number of carbonyl (C=O) groups excluding carboxylic acids is 1. The van der Waals surface area contributed by atoms with Gasteiger partial charge in [0.25, 0.3) is 5.91 Å². The summed E-state index contributed by atoms with van der Waals surface area (Å²) in [7, 11) is 1.61. The van der Waals surface area contributed by atoms with E-state index in [4.69, 9.17) is 16.3 Å². The minimum Gasteiger partial charge on any atom is -0.496 e. The number of para-hydroxylation sites is 1. The average Bonchev–Trinajstić information content (AvgIpc) is 2.52. The second-order valence-corrected chi connectivity index (χ2v) is 4.91. The Labute approximate surface area is 129 Å². The highest BCUT2D eigenvalue weighted by molar-refractivity contribution is 6.29. The smallest absolute Gasteiger partial charge is 0.251 e. The van der Waals surface area contributed by atoms with Crippen molar-refractivity contribution < 1.29 is 9.53 Å². The van der Waals surface area contributed by atoms with Crippen LogP contribution in [0.4, 0.5) is 0 Å². The van der Waals surface area contributed by atoms with Crippen LogP contribution in [0.3, 0.4) is 0 Å². The molecule has 0 aliphatic rings. The molecule has 1 heterocycles. The van der Waals surface area contributed by atoms with E-state index in [1.807, 2.05) is 31.2 Å². The highest BCUT2D eigenvalue weighted by Gasteiger charge is 2.10. The number of hydrogen-bond acceptors (Lipinski definition) is 3. The first-order valence-corrected chi connectivity index (χ1v) is 7.08. The molecular formula is C16H17ClN2O2. The van der Waals surface area contributed by atoms with Gasteiger partial charge in [-0.1, -0.05) is 36.7 Å². The van der Waals surface area contributed by atoms with Crippen LogP contribution in [0, 0.1) is 0 Å². The third-order valence-electron chi connectivity index (χ3n) is 3.10. The molecule has 0 unspecified atom stereocenters. The Morgan fingerprint density at radius 2 is 2.10 bits per heavy atom. The number of amides is 1. The summed E-state index contributed by atoms with van der Waals surface area (Å²) in [6.07, 6.45) is 0.730. The standard InChI is InChI=1S/C16H17ClN2O2/c1-3-13-8-12(9-15(17)19-13)16(20)18-10-11-6-4-5-7-14(11)21-2/h4-9H,3,10H2,1-2H3,(H,18,20). The largest absolute Gasteiger partial charge is 0.496 e. The van der Waals surface area contributed by atoms with Gasteiger partial charge in [-0.15, -0.1) is 0 Å². The average molecular weight is 305 g/mol. The third-order valence-corrected chi connectivity index (χ3v) is 3.30. The van der Waals surface area contributed by atoms with E-state index in [1.165, 1.54) is 0 Å². The molecule has 5 heteroatoms. The van der Waals surface area contributed by atoms with Crippen molar-refractivity contribution in [3.8, 4) is 5.75 Å². The lowest BCUT2D eigenvalue weighted by Gasteiger charge is -2.10. The van der Waals surface area contributed by atoms with Gasteiger partial charge in [0.05, 0.1) is 7.11 Å². The Hall–Kier alpha value is -2.07. The Bertz CT molecular complexity index is 644. The van der Waals surface area contributed by atoms with Crippen LogP contribution in [-0.2, 0) is 13.0 Å². The minimum atomic E-state index is -0.181. The lowest BCUT2D eigenvalue weighted by molar-refractivity contribution is 0.0950. The molecule has 0 radical (unpaired) electrons. The lowest BCUT2D eigenvalue weighted by atomic mass is 10.1. The summed E-state index contributed by atoms with van der Waals surface area (Å²) in [4.78, 5) is 16.3. The maximum atomic E-state index is 12.2. The van der Waals surface area contributed by atoms with Crippen molar-refractivity contribution in [2.75, 3.05) is 7.11 Å². The first-order valence-electron chi connectivity index (χ1n) is 6.70. The second kappa shape index (κ2) is 7.09. The van der Waals surface area contributed by atoms with Crippen LogP contribution < -0.4 is 10.1 Å². The van der Waals surface area contributed by atoms with E-state index in [1.54, 1.807) is 19.2 Å². The van der Waals surface area contributed by atoms with Gasteiger partial charge >= 0.3 is 0 Å². The molecule has 1 N–H and O–H groups in total. The first-order chi connectivity index (χ1) is 10.1. The summed E-state index contributed by atoms with van der Waals surface area (Å²) in [6, 6.07) is 10.9. The lowest BCUT2D eigenvalue weighted by Crippen LogP contribution is -2.23. The monoisotopic (exact) mass is 304 g/mol. The molecule has 0 atom stereocenters. The quantitative estimate of drug-likeness (QED) is 0.863. The number of ether oxygens (including phenoxy) is 1. The van der Waals surface area contributed by atoms with Crippen LogP contribution in [0.25, 0.3) is 0 Å². The van der Waals surface area contributed by atoms with E-state index >= 15 is 0 Å².